The van der Waals surface area contributed by atoms with Crippen LogP contribution in [0.5, 0.6) is 17.2 Å². The van der Waals surface area contributed by atoms with Crippen LogP contribution < -0.4 is 25.5 Å². The monoisotopic (exact) mass is 416 g/mol. The summed E-state index contributed by atoms with van der Waals surface area (Å²) in [5.74, 6) is 1.51. The first-order chi connectivity index (χ1) is 15.0. The number of anilines is 1. The van der Waals surface area contributed by atoms with E-state index in [0.717, 1.165) is 11.3 Å². The molecule has 0 fully saturated rings. The second-order valence-electron chi connectivity index (χ2n) is 6.45. The van der Waals surface area contributed by atoms with E-state index in [9.17, 15) is 15.3 Å². The Bertz CT molecular complexity index is 1250. The van der Waals surface area contributed by atoms with Crippen LogP contribution in [0.3, 0.4) is 0 Å². The Hall–Kier alpha value is -4.43. The average Bonchev–Trinajstić information content (AvgIpc) is 2.78. The fourth-order valence-corrected chi connectivity index (χ4v) is 3.11. The van der Waals surface area contributed by atoms with Crippen molar-refractivity contribution in [1.29, 1.82) is 10.5 Å². The maximum absolute atomic E-state index is 12.2. The lowest BCUT2D eigenvalue weighted by Gasteiger charge is -2.15. The Kier molecular flexibility index (Phi) is 6.44. The minimum atomic E-state index is -0.662. The highest BCUT2D eigenvalue weighted by atomic mass is 16.5. The van der Waals surface area contributed by atoms with Crippen molar-refractivity contribution < 1.29 is 14.2 Å². The van der Waals surface area contributed by atoms with Gasteiger partial charge in [0.2, 0.25) is 0 Å². The highest BCUT2D eigenvalue weighted by Gasteiger charge is 2.19. The molecule has 0 spiro atoms. The normalized spacial score (nSPS) is 10.1. The van der Waals surface area contributed by atoms with Crippen LogP contribution in [-0.4, -0.2) is 18.7 Å². The van der Waals surface area contributed by atoms with Crippen molar-refractivity contribution in [3.63, 3.8) is 0 Å². The predicted molar refractivity (Wildman–Crippen MR) is 115 cm³/mol. The summed E-state index contributed by atoms with van der Waals surface area (Å²) >= 11 is 0. The first-order valence-corrected chi connectivity index (χ1v) is 9.41. The van der Waals surface area contributed by atoms with E-state index in [1.54, 1.807) is 25.3 Å². The fraction of sp³-hybridized carbons (Fsp3) is 0.174. The van der Waals surface area contributed by atoms with Gasteiger partial charge in [0.15, 0.2) is 11.5 Å². The lowest BCUT2D eigenvalue weighted by molar-refractivity contribution is 0.269. The quantitative estimate of drug-likeness (QED) is 0.603. The van der Waals surface area contributed by atoms with E-state index in [0.29, 0.717) is 23.7 Å². The molecule has 0 saturated heterocycles. The standard InChI is InChI=1S/C23H20N4O4/c1-3-30-20-10-15(21-17(11-24)22(26)27-23(28)18(21)12-25)7-8-19(20)31-13-14-5-4-6-16(9-14)29-2/h4-10H,3,13H2,1-2H3,(H3,26,27,28). The van der Waals surface area contributed by atoms with Gasteiger partial charge in [-0.3, -0.25) is 4.79 Å². The summed E-state index contributed by atoms with van der Waals surface area (Å²) in [5, 5.41) is 19.0. The zero-order chi connectivity index (χ0) is 22.4. The first kappa shape index (κ1) is 21.3. The third-order valence-corrected chi connectivity index (χ3v) is 4.53. The third-order valence-electron chi connectivity index (χ3n) is 4.53. The SMILES string of the molecule is CCOc1cc(-c2c(C#N)c(N)[nH]c(=O)c2C#N)ccc1OCc1cccc(OC)c1. The Morgan fingerprint density at radius 2 is 1.81 bits per heavy atom. The summed E-state index contributed by atoms with van der Waals surface area (Å²) in [7, 11) is 1.60. The molecule has 31 heavy (non-hydrogen) atoms. The Labute approximate surface area is 179 Å². The largest absolute Gasteiger partial charge is 0.497 e. The second-order valence-corrected chi connectivity index (χ2v) is 6.45. The summed E-state index contributed by atoms with van der Waals surface area (Å²) < 4.78 is 16.9. The smallest absolute Gasteiger partial charge is 0.268 e. The van der Waals surface area contributed by atoms with Crippen molar-refractivity contribution in [2.75, 3.05) is 19.5 Å². The van der Waals surface area contributed by atoms with Gasteiger partial charge in [-0.2, -0.15) is 10.5 Å². The van der Waals surface area contributed by atoms with E-state index < -0.39 is 5.56 Å². The van der Waals surface area contributed by atoms with Gasteiger partial charge in [-0.1, -0.05) is 18.2 Å². The van der Waals surface area contributed by atoms with Crippen LogP contribution >= 0.6 is 0 Å². The number of pyridine rings is 1. The van der Waals surface area contributed by atoms with E-state index in [1.165, 1.54) is 0 Å². The lowest BCUT2D eigenvalue weighted by Crippen LogP contribution is -2.16. The average molecular weight is 416 g/mol. The molecule has 0 unspecified atom stereocenters. The predicted octanol–water partition coefficient (Wildman–Crippen LogP) is 3.35. The third kappa shape index (κ3) is 4.44. The fourth-order valence-electron chi connectivity index (χ4n) is 3.11. The van der Waals surface area contributed by atoms with Crippen molar-refractivity contribution in [2.24, 2.45) is 0 Å². The van der Waals surface area contributed by atoms with E-state index in [2.05, 4.69) is 4.98 Å². The molecule has 3 aromatic rings. The number of aromatic nitrogens is 1. The molecule has 0 amide bonds. The number of aromatic amines is 1. The van der Waals surface area contributed by atoms with Crippen LogP contribution in [0, 0.1) is 22.7 Å². The highest BCUT2D eigenvalue weighted by molar-refractivity contribution is 5.81. The molecule has 1 heterocycles. The van der Waals surface area contributed by atoms with Gasteiger partial charge in [0.1, 0.15) is 41.4 Å². The van der Waals surface area contributed by atoms with Crippen LogP contribution in [0.1, 0.15) is 23.6 Å². The van der Waals surface area contributed by atoms with Crippen molar-refractivity contribution in [2.45, 2.75) is 13.5 Å². The number of nitrogens with two attached hydrogens (primary N) is 1. The van der Waals surface area contributed by atoms with Gasteiger partial charge in [0.05, 0.1) is 13.7 Å². The van der Waals surface area contributed by atoms with Crippen LogP contribution in [0.2, 0.25) is 0 Å². The molecule has 8 heteroatoms. The molecular formula is C23H20N4O4. The molecule has 3 N–H and O–H groups in total. The highest BCUT2D eigenvalue weighted by Crippen LogP contribution is 2.36. The number of hydrogen-bond acceptors (Lipinski definition) is 7. The summed E-state index contributed by atoms with van der Waals surface area (Å²) in [6, 6.07) is 16.2. The number of nitriles is 2. The summed E-state index contributed by atoms with van der Waals surface area (Å²) in [5.41, 5.74) is 6.48. The maximum atomic E-state index is 12.2. The molecule has 3 rings (SSSR count). The number of ether oxygens (including phenoxy) is 3. The Morgan fingerprint density at radius 3 is 2.48 bits per heavy atom. The molecule has 0 aliphatic heterocycles. The van der Waals surface area contributed by atoms with Crippen LogP contribution in [0.25, 0.3) is 11.1 Å². The van der Waals surface area contributed by atoms with Crippen LogP contribution in [-0.2, 0) is 6.61 Å². The maximum Gasteiger partial charge on any atom is 0.268 e. The molecule has 8 nitrogen and oxygen atoms in total. The minimum Gasteiger partial charge on any atom is -0.497 e. The number of rotatable bonds is 7. The molecule has 0 radical (unpaired) electrons. The van der Waals surface area contributed by atoms with Gasteiger partial charge in [0, 0.05) is 5.56 Å². The second kappa shape index (κ2) is 9.38. The number of benzene rings is 2. The van der Waals surface area contributed by atoms with Crippen molar-refractivity contribution >= 4 is 5.82 Å². The Balaban J connectivity index is 2.03. The Morgan fingerprint density at radius 1 is 1.03 bits per heavy atom. The van der Waals surface area contributed by atoms with Gasteiger partial charge >= 0.3 is 0 Å². The van der Waals surface area contributed by atoms with Gasteiger partial charge in [-0.25, -0.2) is 0 Å². The van der Waals surface area contributed by atoms with Crippen molar-refractivity contribution in [3.05, 3.63) is 69.5 Å². The first-order valence-electron chi connectivity index (χ1n) is 9.41. The van der Waals surface area contributed by atoms with Crippen molar-refractivity contribution in [1.82, 2.24) is 4.98 Å². The van der Waals surface area contributed by atoms with Crippen LogP contribution in [0.15, 0.2) is 47.3 Å². The number of nitrogens with one attached hydrogen (secondary N) is 1. The molecule has 0 atom stereocenters. The molecule has 1 aromatic heterocycles. The van der Waals surface area contributed by atoms with Gasteiger partial charge in [-0.05, 0) is 42.3 Å². The zero-order valence-corrected chi connectivity index (χ0v) is 17.1. The van der Waals surface area contributed by atoms with E-state index in [-0.39, 0.29) is 29.1 Å². The number of nitrogen functional groups attached to an aromatic ring is 1. The topological polar surface area (TPSA) is 134 Å². The van der Waals surface area contributed by atoms with E-state index in [4.69, 9.17) is 19.9 Å². The van der Waals surface area contributed by atoms with Gasteiger partial charge in [0.25, 0.3) is 5.56 Å². The van der Waals surface area contributed by atoms with E-state index in [1.807, 2.05) is 43.3 Å². The molecular weight excluding hydrogens is 396 g/mol. The zero-order valence-electron chi connectivity index (χ0n) is 17.1. The number of hydrogen-bond donors (Lipinski definition) is 2. The molecule has 156 valence electrons. The summed E-state index contributed by atoms with van der Waals surface area (Å²) in [6.45, 7) is 2.47. The molecule has 2 aromatic carbocycles. The lowest BCUT2D eigenvalue weighted by atomic mass is 9.96. The number of methoxy groups -OCH3 is 1. The van der Waals surface area contributed by atoms with Crippen molar-refractivity contribution in [3.8, 4) is 40.5 Å². The molecule has 0 saturated carbocycles. The van der Waals surface area contributed by atoms with Gasteiger partial charge < -0.3 is 24.9 Å². The summed E-state index contributed by atoms with van der Waals surface area (Å²) in [4.78, 5) is 14.5. The number of nitrogens with zero attached hydrogens (tertiary/aromatic N) is 2. The van der Waals surface area contributed by atoms with Crippen LogP contribution in [0.4, 0.5) is 5.82 Å². The molecule has 0 aliphatic rings. The molecule has 0 bridgehead atoms. The minimum absolute atomic E-state index is 0.0173. The van der Waals surface area contributed by atoms with E-state index >= 15 is 0 Å². The molecule has 0 aliphatic carbocycles. The summed E-state index contributed by atoms with van der Waals surface area (Å²) in [6.07, 6.45) is 0. The number of H-pyrrole nitrogens is 1. The van der Waals surface area contributed by atoms with Gasteiger partial charge in [-0.15, -0.1) is 0 Å².